The number of imide groups is 1. The number of nitrogens with one attached hydrogen (secondary N) is 2. The minimum Gasteiger partial charge on any atom is -0.353 e. The molecule has 0 spiro atoms. The first-order chi connectivity index (χ1) is 9.15. The molecule has 0 atom stereocenters. The van der Waals surface area contributed by atoms with Gasteiger partial charge in [-0.1, -0.05) is 13.8 Å². The molecule has 8 heteroatoms. The van der Waals surface area contributed by atoms with E-state index in [0.29, 0.717) is 12.8 Å². The van der Waals surface area contributed by atoms with Gasteiger partial charge in [0, 0.05) is 12.1 Å². The lowest BCUT2D eigenvalue weighted by Gasteiger charge is -2.23. The number of halogens is 1. The lowest BCUT2D eigenvalue weighted by molar-refractivity contribution is -0.135. The molecule has 21 heavy (non-hydrogen) atoms. The van der Waals surface area contributed by atoms with Crippen molar-refractivity contribution in [1.29, 1.82) is 0 Å². The molecule has 7 nitrogen and oxygen atoms in total. The fraction of sp³-hybridized carbons (Fsp3) is 0.769. The Bertz CT molecular complexity index is 416. The van der Waals surface area contributed by atoms with Crippen LogP contribution in [0.5, 0.6) is 0 Å². The predicted molar refractivity (Wildman–Crippen MR) is 82.1 cm³/mol. The number of hydrogen-bond acceptors (Lipinski definition) is 4. The molecular weight excluding hydrogens is 296 g/mol. The Balaban J connectivity index is 0.00000400. The van der Waals surface area contributed by atoms with E-state index in [4.69, 9.17) is 5.73 Å². The van der Waals surface area contributed by atoms with Crippen molar-refractivity contribution in [3.8, 4) is 0 Å². The highest BCUT2D eigenvalue weighted by molar-refractivity contribution is 6.08. The summed E-state index contributed by atoms with van der Waals surface area (Å²) in [5.41, 5.74) is 4.35. The second-order valence-electron chi connectivity index (χ2n) is 5.88. The second kappa shape index (κ2) is 7.09. The van der Waals surface area contributed by atoms with E-state index in [2.05, 4.69) is 10.6 Å². The van der Waals surface area contributed by atoms with Gasteiger partial charge in [-0.2, -0.15) is 0 Å². The van der Waals surface area contributed by atoms with Crippen LogP contribution in [0, 0.1) is 0 Å². The number of carbonyl (C=O) groups excluding carboxylic acids is 3. The maximum absolute atomic E-state index is 12.3. The third kappa shape index (κ3) is 4.57. The van der Waals surface area contributed by atoms with Crippen LogP contribution in [0.3, 0.4) is 0 Å². The molecule has 1 saturated heterocycles. The van der Waals surface area contributed by atoms with Gasteiger partial charge in [0.2, 0.25) is 5.91 Å². The number of rotatable bonds is 6. The van der Waals surface area contributed by atoms with Crippen LogP contribution in [0.4, 0.5) is 4.79 Å². The molecule has 1 rings (SSSR count). The summed E-state index contributed by atoms with van der Waals surface area (Å²) in [6, 6.07) is -0.513. The van der Waals surface area contributed by atoms with Gasteiger partial charge in [-0.05, 0) is 26.7 Å². The first-order valence-electron chi connectivity index (χ1n) is 6.85. The summed E-state index contributed by atoms with van der Waals surface area (Å²) < 4.78 is 0. The highest BCUT2D eigenvalue weighted by Crippen LogP contribution is 2.24. The van der Waals surface area contributed by atoms with Crippen molar-refractivity contribution in [1.82, 2.24) is 15.5 Å². The molecule has 0 aliphatic carbocycles. The Hall–Kier alpha value is -1.34. The van der Waals surface area contributed by atoms with Gasteiger partial charge in [0.05, 0.1) is 0 Å². The third-order valence-corrected chi connectivity index (χ3v) is 3.50. The van der Waals surface area contributed by atoms with Crippen molar-refractivity contribution < 1.29 is 14.4 Å². The summed E-state index contributed by atoms with van der Waals surface area (Å²) in [5, 5.41) is 5.29. The maximum atomic E-state index is 12.3. The van der Waals surface area contributed by atoms with Crippen LogP contribution >= 0.6 is 12.4 Å². The van der Waals surface area contributed by atoms with E-state index in [1.165, 1.54) is 0 Å². The second-order valence-corrected chi connectivity index (χ2v) is 5.88. The summed E-state index contributed by atoms with van der Waals surface area (Å²) in [6.45, 7) is 7.23. The molecule has 0 bridgehead atoms. The van der Waals surface area contributed by atoms with Gasteiger partial charge >= 0.3 is 6.03 Å². The Morgan fingerprint density at radius 2 is 1.86 bits per heavy atom. The first kappa shape index (κ1) is 19.7. The standard InChI is InChI=1S/C13H24N4O3.ClH/c1-5-13(6-2)10(19)17(11(20)16-13)7-9(18)15-8-12(3,4)14;/h5-8,14H2,1-4H3,(H,15,18)(H,16,20);1H. The minimum atomic E-state index is -0.871. The first-order valence-corrected chi connectivity index (χ1v) is 6.85. The van der Waals surface area contributed by atoms with E-state index < -0.39 is 23.0 Å². The van der Waals surface area contributed by atoms with Gasteiger partial charge in [-0.3, -0.25) is 14.5 Å². The van der Waals surface area contributed by atoms with Gasteiger partial charge in [-0.25, -0.2) is 4.79 Å². The van der Waals surface area contributed by atoms with Crippen LogP contribution < -0.4 is 16.4 Å². The van der Waals surface area contributed by atoms with Crippen molar-refractivity contribution in [3.05, 3.63) is 0 Å². The highest BCUT2D eigenvalue weighted by atomic mass is 35.5. The molecule has 0 radical (unpaired) electrons. The van der Waals surface area contributed by atoms with Crippen molar-refractivity contribution in [2.45, 2.75) is 51.6 Å². The molecule has 0 aromatic carbocycles. The average Bonchev–Trinajstić information content (AvgIpc) is 2.60. The van der Waals surface area contributed by atoms with Gasteiger partial charge in [-0.15, -0.1) is 12.4 Å². The monoisotopic (exact) mass is 320 g/mol. The van der Waals surface area contributed by atoms with Gasteiger partial charge in [0.1, 0.15) is 12.1 Å². The Morgan fingerprint density at radius 1 is 1.33 bits per heavy atom. The molecule has 1 fully saturated rings. The lowest BCUT2D eigenvalue weighted by atomic mass is 9.93. The Morgan fingerprint density at radius 3 is 2.24 bits per heavy atom. The number of nitrogens with two attached hydrogens (primary N) is 1. The number of nitrogens with zero attached hydrogens (tertiary/aromatic N) is 1. The van der Waals surface area contributed by atoms with Crippen LogP contribution in [-0.2, 0) is 9.59 Å². The van der Waals surface area contributed by atoms with Crippen LogP contribution in [0.25, 0.3) is 0 Å². The zero-order chi connectivity index (χ0) is 15.6. The summed E-state index contributed by atoms with van der Waals surface area (Å²) in [4.78, 5) is 36.9. The van der Waals surface area contributed by atoms with E-state index >= 15 is 0 Å². The van der Waals surface area contributed by atoms with E-state index in [1.54, 1.807) is 13.8 Å². The Kier molecular flexibility index (Phi) is 6.63. The Labute approximate surface area is 131 Å². The highest BCUT2D eigenvalue weighted by Gasteiger charge is 2.49. The van der Waals surface area contributed by atoms with Crippen LogP contribution in [-0.4, -0.2) is 46.9 Å². The summed E-state index contributed by atoms with van der Waals surface area (Å²) in [7, 11) is 0. The van der Waals surface area contributed by atoms with E-state index in [1.807, 2.05) is 13.8 Å². The van der Waals surface area contributed by atoms with Crippen molar-refractivity contribution >= 4 is 30.3 Å². The van der Waals surface area contributed by atoms with Crippen LogP contribution in [0.2, 0.25) is 0 Å². The SMILES string of the molecule is CCC1(CC)NC(=O)N(CC(=O)NCC(C)(C)N)C1=O.Cl. The average molecular weight is 321 g/mol. The normalized spacial score (nSPS) is 17.3. The molecular formula is C13H25ClN4O3. The number of amides is 4. The van der Waals surface area contributed by atoms with Crippen molar-refractivity contribution in [2.75, 3.05) is 13.1 Å². The van der Waals surface area contributed by atoms with E-state index in [-0.39, 0.29) is 31.4 Å². The van der Waals surface area contributed by atoms with Gasteiger partial charge in [0.25, 0.3) is 5.91 Å². The summed E-state index contributed by atoms with van der Waals surface area (Å²) >= 11 is 0. The van der Waals surface area contributed by atoms with Gasteiger partial charge in [0.15, 0.2) is 0 Å². The molecule has 0 aromatic rings. The third-order valence-electron chi connectivity index (χ3n) is 3.50. The van der Waals surface area contributed by atoms with E-state index in [9.17, 15) is 14.4 Å². The van der Waals surface area contributed by atoms with Crippen molar-refractivity contribution in [3.63, 3.8) is 0 Å². The quantitative estimate of drug-likeness (QED) is 0.615. The largest absolute Gasteiger partial charge is 0.353 e. The smallest absolute Gasteiger partial charge is 0.325 e. The number of carbonyl (C=O) groups is 3. The molecule has 1 aliphatic rings. The molecule has 0 saturated carbocycles. The fourth-order valence-corrected chi connectivity index (χ4v) is 2.07. The molecule has 1 aliphatic heterocycles. The lowest BCUT2D eigenvalue weighted by Crippen LogP contribution is -2.49. The molecule has 1 heterocycles. The topological polar surface area (TPSA) is 105 Å². The predicted octanol–water partition coefficient (Wildman–Crippen LogP) is 0.372. The number of urea groups is 1. The minimum absolute atomic E-state index is 0. The molecule has 4 N–H and O–H groups in total. The maximum Gasteiger partial charge on any atom is 0.325 e. The zero-order valence-corrected chi connectivity index (χ0v) is 13.8. The number of hydrogen-bond donors (Lipinski definition) is 3. The molecule has 0 unspecified atom stereocenters. The van der Waals surface area contributed by atoms with Crippen LogP contribution in [0.15, 0.2) is 0 Å². The zero-order valence-electron chi connectivity index (χ0n) is 13.0. The van der Waals surface area contributed by atoms with Crippen molar-refractivity contribution in [2.24, 2.45) is 5.73 Å². The molecule has 0 aromatic heterocycles. The van der Waals surface area contributed by atoms with E-state index in [0.717, 1.165) is 4.90 Å². The fourth-order valence-electron chi connectivity index (χ4n) is 2.07. The molecule has 4 amide bonds. The summed E-state index contributed by atoms with van der Waals surface area (Å²) in [5.74, 6) is -0.732. The van der Waals surface area contributed by atoms with Crippen LogP contribution in [0.1, 0.15) is 40.5 Å². The van der Waals surface area contributed by atoms with Gasteiger partial charge < -0.3 is 16.4 Å². The summed E-state index contributed by atoms with van der Waals surface area (Å²) in [6.07, 6.45) is 1.00. The molecule has 122 valence electrons.